The molecule has 20 heavy (non-hydrogen) atoms. The Labute approximate surface area is 119 Å². The summed E-state index contributed by atoms with van der Waals surface area (Å²) in [4.78, 5) is 15.7. The second kappa shape index (κ2) is 5.06. The van der Waals surface area contributed by atoms with E-state index in [-0.39, 0.29) is 11.7 Å². The van der Waals surface area contributed by atoms with E-state index in [9.17, 15) is 18.0 Å². The second-order valence-electron chi connectivity index (χ2n) is 5.42. The van der Waals surface area contributed by atoms with Crippen molar-refractivity contribution in [2.45, 2.75) is 42.4 Å². The Morgan fingerprint density at radius 3 is 2.35 bits per heavy atom. The molecule has 0 amide bonds. The van der Waals surface area contributed by atoms with Crippen molar-refractivity contribution in [1.82, 2.24) is 4.98 Å². The van der Waals surface area contributed by atoms with Crippen LogP contribution in [0.2, 0.25) is 0 Å². The smallest absolute Gasteiger partial charge is 0.294 e. The summed E-state index contributed by atoms with van der Waals surface area (Å²) < 4.78 is 37.3. The number of carbonyl (C=O) groups is 1. The summed E-state index contributed by atoms with van der Waals surface area (Å²) in [5.41, 5.74) is -0.650. The number of hydrogen-bond donors (Lipinski definition) is 0. The fourth-order valence-corrected chi connectivity index (χ4v) is 4.79. The Hall–Kier alpha value is -1.04. The van der Waals surface area contributed by atoms with Crippen LogP contribution in [0.15, 0.2) is 18.3 Å². The lowest BCUT2D eigenvalue weighted by Crippen LogP contribution is -2.25. The van der Waals surface area contributed by atoms with Gasteiger partial charge in [-0.05, 0) is 37.8 Å². The van der Waals surface area contributed by atoms with Gasteiger partial charge >= 0.3 is 6.18 Å². The lowest BCUT2D eigenvalue weighted by Gasteiger charge is -2.26. The van der Waals surface area contributed by atoms with Crippen LogP contribution in [0.4, 0.5) is 13.2 Å². The quantitative estimate of drug-likeness (QED) is 0.775. The number of nitrogens with zero attached hydrogens (tertiary/aromatic N) is 1. The van der Waals surface area contributed by atoms with Gasteiger partial charge in [0, 0.05) is 28.2 Å². The number of halogens is 3. The minimum atomic E-state index is -4.46. The summed E-state index contributed by atoms with van der Waals surface area (Å²) >= 11 is 1.96. The first-order valence-electron chi connectivity index (χ1n) is 6.66. The molecule has 0 aliphatic carbocycles. The van der Waals surface area contributed by atoms with Gasteiger partial charge in [0.1, 0.15) is 5.69 Å². The van der Waals surface area contributed by atoms with Crippen molar-refractivity contribution in [3.8, 4) is 0 Å². The number of rotatable bonds is 2. The average Bonchev–Trinajstić information content (AvgIpc) is 2.76. The predicted octanol–water partition coefficient (Wildman–Crippen LogP) is 3.96. The highest BCUT2D eigenvalue weighted by Crippen LogP contribution is 2.46. The monoisotopic (exact) mass is 301 g/mol. The van der Waals surface area contributed by atoms with E-state index in [0.717, 1.165) is 37.9 Å². The Balaban J connectivity index is 1.74. The van der Waals surface area contributed by atoms with Crippen molar-refractivity contribution >= 4 is 17.5 Å². The SMILES string of the molecule is O=C(c1ccc(C(F)(F)F)nc1)C1CC2CCC(C1)S2. The molecule has 0 aromatic carbocycles. The van der Waals surface area contributed by atoms with Crippen molar-refractivity contribution in [2.75, 3.05) is 0 Å². The third kappa shape index (κ3) is 2.71. The van der Waals surface area contributed by atoms with Crippen LogP contribution in [0.3, 0.4) is 0 Å². The van der Waals surface area contributed by atoms with E-state index in [4.69, 9.17) is 0 Å². The fraction of sp³-hybridized carbons (Fsp3) is 0.571. The predicted molar refractivity (Wildman–Crippen MR) is 70.7 cm³/mol. The van der Waals surface area contributed by atoms with Gasteiger partial charge in [-0.2, -0.15) is 24.9 Å². The molecule has 0 N–H and O–H groups in total. The summed E-state index contributed by atoms with van der Waals surface area (Å²) in [6, 6.07) is 2.14. The minimum absolute atomic E-state index is 0.0488. The van der Waals surface area contributed by atoms with Crippen LogP contribution in [0.1, 0.15) is 41.7 Å². The van der Waals surface area contributed by atoms with Crippen LogP contribution in [-0.2, 0) is 6.18 Å². The second-order valence-corrected chi connectivity index (χ2v) is 7.03. The lowest BCUT2D eigenvalue weighted by molar-refractivity contribution is -0.141. The fourth-order valence-electron chi connectivity index (χ4n) is 3.01. The molecular weight excluding hydrogens is 287 g/mol. The summed E-state index contributed by atoms with van der Waals surface area (Å²) in [5, 5.41) is 1.09. The van der Waals surface area contributed by atoms with Crippen molar-refractivity contribution < 1.29 is 18.0 Å². The van der Waals surface area contributed by atoms with E-state index in [1.807, 2.05) is 11.8 Å². The first-order valence-corrected chi connectivity index (χ1v) is 7.60. The molecule has 0 saturated carbocycles. The topological polar surface area (TPSA) is 30.0 Å². The zero-order chi connectivity index (χ0) is 14.3. The number of ketones is 1. The number of hydrogen-bond acceptors (Lipinski definition) is 3. The molecule has 0 spiro atoms. The normalized spacial score (nSPS) is 29.4. The first kappa shape index (κ1) is 13.9. The number of alkyl halides is 3. The Morgan fingerprint density at radius 2 is 1.85 bits per heavy atom. The van der Waals surface area contributed by atoms with E-state index in [1.54, 1.807) is 0 Å². The van der Waals surface area contributed by atoms with E-state index >= 15 is 0 Å². The highest BCUT2D eigenvalue weighted by molar-refractivity contribution is 8.00. The largest absolute Gasteiger partial charge is 0.433 e. The van der Waals surface area contributed by atoms with Crippen molar-refractivity contribution in [2.24, 2.45) is 5.92 Å². The number of aromatic nitrogens is 1. The molecule has 3 rings (SSSR count). The van der Waals surface area contributed by atoms with Gasteiger partial charge in [-0.1, -0.05) is 0 Å². The Bertz CT molecular complexity index is 502. The van der Waals surface area contributed by atoms with E-state index in [2.05, 4.69) is 4.98 Å². The van der Waals surface area contributed by atoms with E-state index in [1.165, 1.54) is 6.07 Å². The summed E-state index contributed by atoms with van der Waals surface area (Å²) in [6.07, 6.45) is 0.619. The third-order valence-corrected chi connectivity index (χ3v) is 5.63. The number of thioether (sulfide) groups is 1. The molecule has 2 aliphatic rings. The number of Topliss-reactive ketones (excluding diaryl/α,β-unsaturated/α-hetero) is 1. The van der Waals surface area contributed by atoms with Gasteiger partial charge in [0.25, 0.3) is 0 Å². The molecule has 2 aliphatic heterocycles. The standard InChI is InChI=1S/C14H14F3NOS/c15-14(16,17)12-4-1-8(7-18-12)13(19)9-5-10-2-3-11(6-9)20-10/h1,4,7,9-11H,2-3,5-6H2. The van der Waals surface area contributed by atoms with Crippen LogP contribution in [0.25, 0.3) is 0 Å². The average molecular weight is 301 g/mol. The molecule has 0 radical (unpaired) electrons. The molecule has 2 unspecified atom stereocenters. The lowest BCUT2D eigenvalue weighted by atomic mass is 9.91. The minimum Gasteiger partial charge on any atom is -0.294 e. The van der Waals surface area contributed by atoms with Crippen molar-refractivity contribution in [1.29, 1.82) is 0 Å². The van der Waals surface area contributed by atoms with Gasteiger partial charge in [0.05, 0.1) is 0 Å². The maximum atomic E-state index is 12.4. The van der Waals surface area contributed by atoms with Crippen LogP contribution in [0.5, 0.6) is 0 Å². The zero-order valence-electron chi connectivity index (χ0n) is 10.7. The molecular formula is C14H14F3NOS. The molecule has 1 aromatic rings. The van der Waals surface area contributed by atoms with Gasteiger partial charge in [-0.15, -0.1) is 0 Å². The summed E-state index contributed by atoms with van der Waals surface area (Å²) in [5.74, 6) is -0.101. The third-order valence-electron chi connectivity index (χ3n) is 4.00. The van der Waals surface area contributed by atoms with Crippen LogP contribution in [-0.4, -0.2) is 21.3 Å². The Kier molecular flexibility index (Phi) is 3.52. The highest BCUT2D eigenvalue weighted by Gasteiger charge is 2.38. The molecule has 108 valence electrons. The first-order chi connectivity index (χ1) is 9.43. The van der Waals surface area contributed by atoms with Gasteiger partial charge in [0.15, 0.2) is 5.78 Å². The van der Waals surface area contributed by atoms with Gasteiger partial charge in [0.2, 0.25) is 0 Å². The van der Waals surface area contributed by atoms with Crippen LogP contribution < -0.4 is 0 Å². The molecule has 2 fully saturated rings. The molecule has 2 atom stereocenters. The van der Waals surface area contributed by atoms with Gasteiger partial charge < -0.3 is 0 Å². The van der Waals surface area contributed by atoms with Gasteiger partial charge in [-0.3, -0.25) is 9.78 Å². The van der Waals surface area contributed by atoms with Crippen molar-refractivity contribution in [3.63, 3.8) is 0 Å². The molecule has 2 nitrogen and oxygen atoms in total. The number of pyridine rings is 1. The van der Waals surface area contributed by atoms with Crippen molar-refractivity contribution in [3.05, 3.63) is 29.6 Å². The molecule has 1 aromatic heterocycles. The van der Waals surface area contributed by atoms with E-state index < -0.39 is 11.9 Å². The van der Waals surface area contributed by atoms with Crippen LogP contribution in [0, 0.1) is 5.92 Å². The van der Waals surface area contributed by atoms with Gasteiger partial charge in [-0.25, -0.2) is 0 Å². The maximum absolute atomic E-state index is 12.4. The molecule has 2 saturated heterocycles. The zero-order valence-corrected chi connectivity index (χ0v) is 11.5. The maximum Gasteiger partial charge on any atom is 0.433 e. The number of carbonyl (C=O) groups excluding carboxylic acids is 1. The molecule has 6 heteroatoms. The highest BCUT2D eigenvalue weighted by atomic mass is 32.2. The summed E-state index contributed by atoms with van der Waals surface area (Å²) in [6.45, 7) is 0. The van der Waals surface area contributed by atoms with E-state index in [0.29, 0.717) is 16.1 Å². The molecule has 3 heterocycles. The summed E-state index contributed by atoms with van der Waals surface area (Å²) in [7, 11) is 0. The van der Waals surface area contributed by atoms with Crippen LogP contribution >= 0.6 is 11.8 Å². The number of fused-ring (bicyclic) bond motifs is 2. The Morgan fingerprint density at radius 1 is 1.20 bits per heavy atom. The molecule has 2 bridgehead atoms.